The van der Waals surface area contributed by atoms with Crippen molar-refractivity contribution in [1.82, 2.24) is 4.31 Å². The second-order valence-electron chi connectivity index (χ2n) is 5.88. The molecule has 1 unspecified atom stereocenters. The van der Waals surface area contributed by atoms with Crippen molar-refractivity contribution in [2.75, 3.05) is 0 Å². The van der Waals surface area contributed by atoms with E-state index in [9.17, 15) is 8.42 Å². The molecule has 0 aliphatic heterocycles. The largest absolute Gasteiger partial charge is 0.253 e. The number of hydrogen-bond donors (Lipinski definition) is 0. The van der Waals surface area contributed by atoms with E-state index < -0.39 is 10.0 Å². The lowest BCUT2D eigenvalue weighted by atomic mass is 10.1. The Morgan fingerprint density at radius 3 is 2.55 bits per heavy atom. The van der Waals surface area contributed by atoms with E-state index in [1.165, 1.54) is 11.1 Å². The summed E-state index contributed by atoms with van der Waals surface area (Å²) >= 11 is 7.09. The Hall–Kier alpha value is -0.880. The van der Waals surface area contributed by atoms with Crippen LogP contribution < -0.4 is 0 Å². The number of nitrogens with zero attached hydrogens (tertiary/aromatic N) is 1. The Bertz CT molecular complexity index is 811. The number of aryl methyl sites for hydroxylation is 1. The van der Waals surface area contributed by atoms with Crippen LogP contribution in [0.2, 0.25) is 4.34 Å². The molecule has 3 nitrogen and oxygen atoms in total. The summed E-state index contributed by atoms with van der Waals surface area (Å²) in [6.07, 6.45) is 3.73. The van der Waals surface area contributed by atoms with Gasteiger partial charge in [-0.3, -0.25) is 0 Å². The molecule has 1 fully saturated rings. The van der Waals surface area contributed by atoms with Gasteiger partial charge < -0.3 is 0 Å². The number of hydrogen-bond acceptors (Lipinski definition) is 3. The average molecular weight is 354 g/mol. The number of fused-ring (bicyclic) bond motifs is 1. The van der Waals surface area contributed by atoms with Crippen LogP contribution in [0.3, 0.4) is 0 Å². The van der Waals surface area contributed by atoms with Crippen molar-refractivity contribution in [2.45, 2.75) is 42.0 Å². The predicted molar refractivity (Wildman–Crippen MR) is 88.9 cm³/mol. The summed E-state index contributed by atoms with van der Waals surface area (Å²) < 4.78 is 28.8. The van der Waals surface area contributed by atoms with Crippen molar-refractivity contribution >= 4 is 33.0 Å². The molecule has 1 heterocycles. The van der Waals surface area contributed by atoms with E-state index in [1.807, 2.05) is 12.1 Å². The van der Waals surface area contributed by atoms with Crippen LogP contribution in [0.5, 0.6) is 0 Å². The van der Waals surface area contributed by atoms with Gasteiger partial charge in [-0.1, -0.05) is 35.9 Å². The summed E-state index contributed by atoms with van der Waals surface area (Å²) in [5.41, 5.74) is 2.44. The summed E-state index contributed by atoms with van der Waals surface area (Å²) in [4.78, 5) is 0. The lowest BCUT2D eigenvalue weighted by Crippen LogP contribution is -2.35. The topological polar surface area (TPSA) is 37.4 Å². The minimum atomic E-state index is -3.48. The van der Waals surface area contributed by atoms with E-state index in [0.717, 1.165) is 37.0 Å². The van der Waals surface area contributed by atoms with Crippen molar-refractivity contribution < 1.29 is 8.42 Å². The zero-order valence-electron chi connectivity index (χ0n) is 11.9. The van der Waals surface area contributed by atoms with E-state index >= 15 is 0 Å². The van der Waals surface area contributed by atoms with Gasteiger partial charge in [0.15, 0.2) is 0 Å². The number of thiophene rings is 1. The van der Waals surface area contributed by atoms with Gasteiger partial charge in [0.1, 0.15) is 4.21 Å². The number of sulfonamides is 1. The summed E-state index contributed by atoms with van der Waals surface area (Å²) in [6, 6.07) is 11.6. The molecule has 116 valence electrons. The molecular formula is C16H16ClNO2S2. The predicted octanol–water partition coefficient (Wildman–Crippen LogP) is 4.24. The fourth-order valence-electron chi connectivity index (χ4n) is 3.29. The molecule has 4 rings (SSSR count). The molecule has 1 atom stereocenters. The van der Waals surface area contributed by atoms with Gasteiger partial charge in [-0.25, -0.2) is 8.42 Å². The average Bonchev–Trinajstić information content (AvgIpc) is 3.07. The van der Waals surface area contributed by atoms with Crippen LogP contribution in [0.4, 0.5) is 0 Å². The van der Waals surface area contributed by atoms with Gasteiger partial charge in [-0.05, 0) is 48.9 Å². The molecule has 0 spiro atoms. The molecule has 2 aliphatic rings. The van der Waals surface area contributed by atoms with Crippen molar-refractivity contribution in [3.63, 3.8) is 0 Å². The second-order valence-corrected chi connectivity index (χ2v) is 9.66. The standard InChI is InChI=1S/C16H16ClNO2S2/c17-15-9-10-16(21-15)22(19,20)18(12-6-7-12)14-8-5-11-3-1-2-4-13(11)14/h1-4,9-10,12,14H,5-8H2. The van der Waals surface area contributed by atoms with Crippen LogP contribution in [-0.2, 0) is 16.4 Å². The Balaban J connectivity index is 1.77. The van der Waals surface area contributed by atoms with Gasteiger partial charge in [0.05, 0.1) is 10.4 Å². The van der Waals surface area contributed by atoms with Crippen molar-refractivity contribution in [2.24, 2.45) is 0 Å². The zero-order valence-corrected chi connectivity index (χ0v) is 14.3. The first-order valence-electron chi connectivity index (χ1n) is 7.44. The van der Waals surface area contributed by atoms with Crippen molar-refractivity contribution in [1.29, 1.82) is 0 Å². The third-order valence-corrected chi connectivity index (χ3v) is 8.06. The molecule has 0 radical (unpaired) electrons. The van der Waals surface area contributed by atoms with Gasteiger partial charge >= 0.3 is 0 Å². The first kappa shape index (κ1) is 14.7. The van der Waals surface area contributed by atoms with Gasteiger partial charge in [0.25, 0.3) is 10.0 Å². The maximum absolute atomic E-state index is 13.1. The van der Waals surface area contributed by atoms with Crippen LogP contribution in [0.1, 0.15) is 36.4 Å². The van der Waals surface area contributed by atoms with Gasteiger partial charge in [-0.2, -0.15) is 4.31 Å². The molecule has 6 heteroatoms. The maximum Gasteiger partial charge on any atom is 0.253 e. The van der Waals surface area contributed by atoms with Gasteiger partial charge in [0, 0.05) is 6.04 Å². The van der Waals surface area contributed by atoms with E-state index in [0.29, 0.717) is 8.55 Å². The SMILES string of the molecule is O=S(=O)(c1ccc(Cl)s1)N(C1CC1)C1CCc2ccccc21. The highest BCUT2D eigenvalue weighted by Crippen LogP contribution is 2.45. The van der Waals surface area contributed by atoms with Gasteiger partial charge in [0.2, 0.25) is 0 Å². The third-order valence-electron chi connectivity index (χ3n) is 4.40. The van der Waals surface area contributed by atoms with Crippen molar-refractivity contribution in [3.05, 3.63) is 51.9 Å². The quantitative estimate of drug-likeness (QED) is 0.824. The summed E-state index contributed by atoms with van der Waals surface area (Å²) in [6.45, 7) is 0. The molecule has 0 saturated heterocycles. The molecule has 2 aliphatic carbocycles. The Morgan fingerprint density at radius 2 is 1.86 bits per heavy atom. The molecule has 1 aromatic carbocycles. The van der Waals surface area contributed by atoms with E-state index in [-0.39, 0.29) is 12.1 Å². The minimum Gasteiger partial charge on any atom is -0.206 e. The number of benzene rings is 1. The summed E-state index contributed by atoms with van der Waals surface area (Å²) in [5, 5.41) is 0. The molecule has 0 N–H and O–H groups in total. The smallest absolute Gasteiger partial charge is 0.206 e. The number of halogens is 1. The molecule has 2 aromatic rings. The van der Waals surface area contributed by atoms with Crippen LogP contribution in [-0.4, -0.2) is 18.8 Å². The Kier molecular flexibility index (Phi) is 3.57. The zero-order chi connectivity index (χ0) is 15.3. The third kappa shape index (κ3) is 2.40. The van der Waals surface area contributed by atoms with E-state index in [2.05, 4.69) is 12.1 Å². The highest BCUT2D eigenvalue weighted by atomic mass is 35.5. The second kappa shape index (κ2) is 5.34. The molecule has 0 amide bonds. The molecular weight excluding hydrogens is 338 g/mol. The monoisotopic (exact) mass is 353 g/mol. The fraction of sp³-hybridized carbons (Fsp3) is 0.375. The number of rotatable bonds is 4. The van der Waals surface area contributed by atoms with Crippen molar-refractivity contribution in [3.8, 4) is 0 Å². The van der Waals surface area contributed by atoms with Crippen LogP contribution >= 0.6 is 22.9 Å². The highest BCUT2D eigenvalue weighted by Gasteiger charge is 2.45. The van der Waals surface area contributed by atoms with Crippen LogP contribution in [0.25, 0.3) is 0 Å². The molecule has 22 heavy (non-hydrogen) atoms. The normalized spacial score (nSPS) is 21.3. The maximum atomic E-state index is 13.1. The summed E-state index contributed by atoms with van der Waals surface area (Å²) in [7, 11) is -3.48. The minimum absolute atomic E-state index is 0.0328. The van der Waals surface area contributed by atoms with Crippen LogP contribution in [0.15, 0.2) is 40.6 Å². The first-order valence-corrected chi connectivity index (χ1v) is 10.1. The first-order chi connectivity index (χ1) is 10.6. The molecule has 1 aromatic heterocycles. The Labute approximate surface area is 139 Å². The highest BCUT2D eigenvalue weighted by molar-refractivity contribution is 7.91. The fourth-order valence-corrected chi connectivity index (χ4v) is 6.75. The molecule has 0 bridgehead atoms. The lowest BCUT2D eigenvalue weighted by Gasteiger charge is -2.28. The van der Waals surface area contributed by atoms with Gasteiger partial charge in [-0.15, -0.1) is 11.3 Å². The lowest BCUT2D eigenvalue weighted by molar-refractivity contribution is 0.315. The van der Waals surface area contributed by atoms with E-state index in [1.54, 1.807) is 16.4 Å². The Morgan fingerprint density at radius 1 is 1.09 bits per heavy atom. The molecule has 1 saturated carbocycles. The summed E-state index contributed by atoms with van der Waals surface area (Å²) in [5.74, 6) is 0. The van der Waals surface area contributed by atoms with Crippen LogP contribution in [0, 0.1) is 0 Å². The van der Waals surface area contributed by atoms with E-state index in [4.69, 9.17) is 11.6 Å².